The first kappa shape index (κ1) is 18.6. The molecule has 0 unspecified atom stereocenters. The monoisotopic (exact) mass is 376 g/mol. The number of halogens is 2. The summed E-state index contributed by atoms with van der Waals surface area (Å²) in [7, 11) is 1.45. The zero-order chi connectivity index (χ0) is 19.4. The summed E-state index contributed by atoms with van der Waals surface area (Å²) in [4.78, 5) is 24.9. The minimum Gasteiger partial charge on any atom is -0.489 e. The largest absolute Gasteiger partial charge is 0.489 e. The van der Waals surface area contributed by atoms with Crippen LogP contribution in [0.5, 0.6) is 5.75 Å². The first-order chi connectivity index (χ1) is 13.0. The van der Waals surface area contributed by atoms with Crippen molar-refractivity contribution in [2.75, 3.05) is 18.5 Å². The molecule has 6 nitrogen and oxygen atoms in total. The first-order valence-corrected chi connectivity index (χ1v) is 8.32. The van der Waals surface area contributed by atoms with Gasteiger partial charge in [-0.1, -0.05) is 6.07 Å². The average molecular weight is 376 g/mol. The molecule has 1 N–H and O–H groups in total. The Morgan fingerprint density at radius 3 is 2.48 bits per heavy atom. The number of carbonyl (C=O) groups is 2. The molecule has 3 rings (SSSR count). The van der Waals surface area contributed by atoms with Crippen molar-refractivity contribution in [2.45, 2.75) is 19.1 Å². The van der Waals surface area contributed by atoms with Gasteiger partial charge in [0.1, 0.15) is 30.1 Å². The number of nitrogens with zero attached hydrogens (tertiary/aromatic N) is 1. The van der Waals surface area contributed by atoms with Crippen molar-refractivity contribution in [3.05, 3.63) is 59.7 Å². The zero-order valence-electron chi connectivity index (χ0n) is 14.6. The van der Waals surface area contributed by atoms with Crippen LogP contribution in [0.1, 0.15) is 12.0 Å². The molecule has 142 valence electrons. The molecule has 2 aromatic rings. The van der Waals surface area contributed by atoms with Crippen molar-refractivity contribution in [3.63, 3.8) is 0 Å². The molecule has 2 aromatic carbocycles. The van der Waals surface area contributed by atoms with E-state index in [2.05, 4.69) is 5.32 Å². The second-order valence-corrected chi connectivity index (χ2v) is 5.97. The van der Waals surface area contributed by atoms with E-state index in [1.807, 2.05) is 0 Å². The lowest BCUT2D eigenvalue weighted by Gasteiger charge is -2.17. The SMILES string of the molecule is CNC(=O)O[C@@H]1CC(=O)N(c2ccc(OCc3c(F)cccc3F)cc2)C1. The van der Waals surface area contributed by atoms with Crippen LogP contribution in [0.4, 0.5) is 19.3 Å². The van der Waals surface area contributed by atoms with Crippen LogP contribution >= 0.6 is 0 Å². The van der Waals surface area contributed by atoms with Gasteiger partial charge in [0.25, 0.3) is 0 Å². The molecule has 1 aliphatic heterocycles. The van der Waals surface area contributed by atoms with E-state index < -0.39 is 23.8 Å². The highest BCUT2D eigenvalue weighted by Gasteiger charge is 2.33. The Morgan fingerprint density at radius 2 is 1.85 bits per heavy atom. The van der Waals surface area contributed by atoms with Gasteiger partial charge in [-0.15, -0.1) is 0 Å². The van der Waals surface area contributed by atoms with Crippen LogP contribution in [0.15, 0.2) is 42.5 Å². The second kappa shape index (κ2) is 8.03. The molecule has 1 heterocycles. The van der Waals surface area contributed by atoms with Crippen LogP contribution in [0.3, 0.4) is 0 Å². The minimum atomic E-state index is -0.670. The van der Waals surface area contributed by atoms with Crippen LogP contribution in [0.2, 0.25) is 0 Å². The molecular weight excluding hydrogens is 358 g/mol. The van der Waals surface area contributed by atoms with Gasteiger partial charge in [0.05, 0.1) is 18.5 Å². The highest BCUT2D eigenvalue weighted by Crippen LogP contribution is 2.26. The molecular formula is C19H18F2N2O4. The van der Waals surface area contributed by atoms with Crippen LogP contribution < -0.4 is 15.0 Å². The standard InChI is InChI=1S/C19H18F2N2O4/c1-22-19(25)27-14-9-18(24)23(10-14)12-5-7-13(8-6-12)26-11-15-16(20)3-2-4-17(15)21/h2-8,14H,9-11H2,1H3,(H,22,25)/t14-/m1/s1. The molecule has 1 atom stereocenters. The fourth-order valence-corrected chi connectivity index (χ4v) is 2.76. The van der Waals surface area contributed by atoms with Gasteiger partial charge in [0.2, 0.25) is 5.91 Å². The number of nitrogens with one attached hydrogen (secondary N) is 1. The maximum atomic E-state index is 13.6. The molecule has 0 radical (unpaired) electrons. The quantitative estimate of drug-likeness (QED) is 0.871. The van der Waals surface area contributed by atoms with Crippen molar-refractivity contribution in [1.29, 1.82) is 0 Å². The number of rotatable bonds is 5. The lowest BCUT2D eigenvalue weighted by Crippen LogP contribution is -2.29. The highest BCUT2D eigenvalue weighted by atomic mass is 19.1. The Balaban J connectivity index is 1.62. The van der Waals surface area contributed by atoms with Crippen LogP contribution in [-0.2, 0) is 16.1 Å². The predicted octanol–water partition coefficient (Wildman–Crippen LogP) is 3.01. The van der Waals surface area contributed by atoms with E-state index in [4.69, 9.17) is 9.47 Å². The first-order valence-electron chi connectivity index (χ1n) is 8.32. The number of alkyl carbamates (subject to hydrolysis) is 1. The van der Waals surface area contributed by atoms with Gasteiger partial charge < -0.3 is 19.7 Å². The molecule has 1 aliphatic rings. The predicted molar refractivity (Wildman–Crippen MR) is 93.4 cm³/mol. The smallest absolute Gasteiger partial charge is 0.407 e. The van der Waals surface area contributed by atoms with E-state index in [1.165, 1.54) is 30.1 Å². The summed E-state index contributed by atoms with van der Waals surface area (Å²) in [6.07, 6.45) is -0.991. The third-order valence-corrected chi connectivity index (χ3v) is 4.16. The number of carbonyl (C=O) groups excluding carboxylic acids is 2. The molecule has 0 bridgehead atoms. The fourth-order valence-electron chi connectivity index (χ4n) is 2.76. The summed E-state index contributed by atoms with van der Waals surface area (Å²) in [6.45, 7) is 0.00936. The molecule has 1 saturated heterocycles. The molecule has 27 heavy (non-hydrogen) atoms. The Kier molecular flexibility index (Phi) is 5.54. The van der Waals surface area contributed by atoms with E-state index in [9.17, 15) is 18.4 Å². The van der Waals surface area contributed by atoms with Gasteiger partial charge in [0.15, 0.2) is 0 Å². The Hall–Kier alpha value is -3.16. The second-order valence-electron chi connectivity index (χ2n) is 5.97. The van der Waals surface area contributed by atoms with Crippen LogP contribution in [0, 0.1) is 11.6 Å². The van der Waals surface area contributed by atoms with Gasteiger partial charge >= 0.3 is 6.09 Å². The fraction of sp³-hybridized carbons (Fsp3) is 0.263. The number of ether oxygens (including phenoxy) is 2. The lowest BCUT2D eigenvalue weighted by molar-refractivity contribution is -0.117. The third kappa shape index (κ3) is 4.33. The van der Waals surface area contributed by atoms with Crippen molar-refractivity contribution in [1.82, 2.24) is 5.32 Å². The topological polar surface area (TPSA) is 67.9 Å². The number of benzene rings is 2. The lowest BCUT2D eigenvalue weighted by atomic mass is 10.2. The number of hydrogen-bond acceptors (Lipinski definition) is 4. The molecule has 1 fully saturated rings. The third-order valence-electron chi connectivity index (χ3n) is 4.16. The van der Waals surface area contributed by atoms with Crippen molar-refractivity contribution in [3.8, 4) is 5.75 Å². The van der Waals surface area contributed by atoms with Crippen LogP contribution in [-0.4, -0.2) is 31.7 Å². The summed E-state index contributed by atoms with van der Waals surface area (Å²) in [5.41, 5.74) is 0.470. The van der Waals surface area contributed by atoms with E-state index in [0.717, 1.165) is 0 Å². The molecule has 8 heteroatoms. The van der Waals surface area contributed by atoms with E-state index >= 15 is 0 Å². The van der Waals surface area contributed by atoms with Crippen molar-refractivity contribution >= 4 is 17.7 Å². The summed E-state index contributed by atoms with van der Waals surface area (Å²) in [6, 6.07) is 10.2. The summed E-state index contributed by atoms with van der Waals surface area (Å²) >= 11 is 0. The van der Waals surface area contributed by atoms with E-state index in [0.29, 0.717) is 11.4 Å². The van der Waals surface area contributed by atoms with Crippen molar-refractivity contribution in [2.24, 2.45) is 0 Å². The zero-order valence-corrected chi connectivity index (χ0v) is 14.6. The minimum absolute atomic E-state index is 0.109. The molecule has 0 aromatic heterocycles. The molecule has 0 aliphatic carbocycles. The van der Waals surface area contributed by atoms with E-state index in [1.54, 1.807) is 24.3 Å². The highest BCUT2D eigenvalue weighted by molar-refractivity contribution is 5.96. The van der Waals surface area contributed by atoms with Gasteiger partial charge in [-0.2, -0.15) is 0 Å². The number of amides is 2. The maximum Gasteiger partial charge on any atom is 0.407 e. The molecule has 0 saturated carbocycles. The summed E-state index contributed by atoms with van der Waals surface area (Å²) in [5, 5.41) is 2.34. The van der Waals surface area contributed by atoms with Gasteiger partial charge in [-0.05, 0) is 36.4 Å². The van der Waals surface area contributed by atoms with Gasteiger partial charge in [-0.3, -0.25) is 4.79 Å². The molecule has 2 amide bonds. The normalized spacial score (nSPS) is 16.3. The van der Waals surface area contributed by atoms with Crippen LogP contribution in [0.25, 0.3) is 0 Å². The Morgan fingerprint density at radius 1 is 1.19 bits per heavy atom. The molecule has 0 spiro atoms. The van der Waals surface area contributed by atoms with Gasteiger partial charge in [0, 0.05) is 12.7 Å². The summed E-state index contributed by atoms with van der Waals surface area (Å²) in [5.74, 6) is -1.09. The van der Waals surface area contributed by atoms with Crippen molar-refractivity contribution < 1.29 is 27.8 Å². The number of hydrogen-bond donors (Lipinski definition) is 1. The number of anilines is 1. The Bertz CT molecular complexity index is 822. The Labute approximate surface area is 154 Å². The average Bonchev–Trinajstić information content (AvgIpc) is 3.01. The summed E-state index contributed by atoms with van der Waals surface area (Å²) < 4.78 is 37.8. The van der Waals surface area contributed by atoms with Gasteiger partial charge in [-0.25, -0.2) is 13.6 Å². The van der Waals surface area contributed by atoms with E-state index in [-0.39, 0.29) is 31.0 Å². The maximum absolute atomic E-state index is 13.6.